The molecule has 3 aromatic heterocycles. The largest absolute Gasteiger partial charge is 0.329 e. The molecular formula is C25H30ClN7OS. The number of thiophene rings is 1. The lowest BCUT2D eigenvalue weighted by atomic mass is 9.87. The van der Waals surface area contributed by atoms with Crippen molar-refractivity contribution >= 4 is 51.4 Å². The van der Waals surface area contributed by atoms with Gasteiger partial charge in [0.15, 0.2) is 5.82 Å². The van der Waals surface area contributed by atoms with Gasteiger partial charge in [0.1, 0.15) is 11.9 Å². The first-order valence-electron chi connectivity index (χ1n) is 12.7. The van der Waals surface area contributed by atoms with E-state index >= 15 is 0 Å². The molecule has 3 N–H and O–H groups in total. The fourth-order valence-electron chi connectivity index (χ4n) is 5.66. The summed E-state index contributed by atoms with van der Waals surface area (Å²) in [7, 11) is 0. The van der Waals surface area contributed by atoms with Gasteiger partial charge in [0, 0.05) is 29.8 Å². The number of hydrogen-bond donors (Lipinski definition) is 3. The first-order valence-corrected chi connectivity index (χ1v) is 13.9. The van der Waals surface area contributed by atoms with Gasteiger partial charge in [-0.25, -0.2) is 4.98 Å². The first-order chi connectivity index (χ1) is 17.1. The number of aromatic nitrogens is 4. The summed E-state index contributed by atoms with van der Waals surface area (Å²) in [5.74, 6) is 2.78. The molecule has 1 amide bonds. The highest BCUT2D eigenvalue weighted by atomic mass is 35.5. The lowest BCUT2D eigenvalue weighted by Gasteiger charge is -2.25. The van der Waals surface area contributed by atoms with Crippen LogP contribution in [0.15, 0.2) is 18.2 Å². The van der Waals surface area contributed by atoms with E-state index in [1.165, 1.54) is 54.7 Å². The maximum Gasteiger partial charge on any atom is 0.247 e. The fraction of sp³-hybridized carbons (Fsp3) is 0.520. The third-order valence-electron chi connectivity index (χ3n) is 7.44. The lowest BCUT2D eigenvalue weighted by Crippen LogP contribution is -2.40. The molecule has 3 aromatic rings. The number of anilines is 4. The van der Waals surface area contributed by atoms with Crippen LogP contribution in [0.1, 0.15) is 74.2 Å². The lowest BCUT2D eigenvalue weighted by molar-refractivity contribution is -0.117. The number of rotatable bonds is 6. The van der Waals surface area contributed by atoms with Crippen LogP contribution in [0.2, 0.25) is 4.34 Å². The Kier molecular flexibility index (Phi) is 6.37. The van der Waals surface area contributed by atoms with Crippen LogP contribution in [-0.4, -0.2) is 38.7 Å². The van der Waals surface area contributed by atoms with E-state index < -0.39 is 0 Å². The zero-order chi connectivity index (χ0) is 23.8. The molecule has 0 spiro atoms. The molecule has 4 heterocycles. The van der Waals surface area contributed by atoms with Gasteiger partial charge < -0.3 is 15.5 Å². The Labute approximate surface area is 213 Å². The van der Waals surface area contributed by atoms with Crippen molar-refractivity contribution in [3.63, 3.8) is 0 Å². The Hall–Kier alpha value is -2.65. The molecule has 3 aliphatic rings. The highest BCUT2D eigenvalue weighted by Gasteiger charge is 2.34. The second-order valence-electron chi connectivity index (χ2n) is 9.76. The van der Waals surface area contributed by atoms with Crippen LogP contribution in [0, 0.1) is 0 Å². The standard InChI is InChI=1S/C25H30ClN7OS/c26-20-11-12-22(35-20)29-24(34)19-10-5-13-33(19)25-27-17-9-4-8-16(17)23(30-25)28-21-14-18(31-32-21)15-6-2-1-3-7-15/h11-12,14-15,19H,1-10,13H2,(H,29,34)(H2,27,28,30,31,32). The fourth-order valence-corrected chi connectivity index (χ4v) is 6.61. The quantitative estimate of drug-likeness (QED) is 0.386. The first kappa shape index (κ1) is 22.8. The van der Waals surface area contributed by atoms with Crippen LogP contribution in [0.5, 0.6) is 0 Å². The van der Waals surface area contributed by atoms with Gasteiger partial charge in [-0.15, -0.1) is 11.3 Å². The SMILES string of the molecule is O=C(Nc1ccc(Cl)s1)C1CCCN1c1nc2c(c(Nc3cc(C4CCCCC4)[nH]n3)n1)CCC2. The Morgan fingerprint density at radius 2 is 1.97 bits per heavy atom. The van der Waals surface area contributed by atoms with E-state index in [-0.39, 0.29) is 11.9 Å². The predicted octanol–water partition coefficient (Wildman–Crippen LogP) is 5.80. The van der Waals surface area contributed by atoms with Crippen molar-refractivity contribution in [2.75, 3.05) is 22.1 Å². The average molecular weight is 512 g/mol. The van der Waals surface area contributed by atoms with Crippen molar-refractivity contribution < 1.29 is 4.79 Å². The van der Waals surface area contributed by atoms with Gasteiger partial charge in [-0.3, -0.25) is 9.89 Å². The number of amides is 1. The maximum atomic E-state index is 13.1. The number of aryl methyl sites for hydroxylation is 1. The summed E-state index contributed by atoms with van der Waals surface area (Å²) in [6.07, 6.45) is 11.0. The Balaban J connectivity index is 1.23. The summed E-state index contributed by atoms with van der Waals surface area (Å²) < 4.78 is 0.659. The van der Waals surface area contributed by atoms with Gasteiger partial charge in [-0.1, -0.05) is 30.9 Å². The number of hydrogen-bond acceptors (Lipinski definition) is 7. The van der Waals surface area contributed by atoms with Crippen molar-refractivity contribution in [1.29, 1.82) is 0 Å². The number of fused-ring (bicyclic) bond motifs is 1. The molecule has 1 saturated heterocycles. The second kappa shape index (κ2) is 9.78. The van der Waals surface area contributed by atoms with E-state index in [0.717, 1.165) is 61.0 Å². The van der Waals surface area contributed by atoms with E-state index in [0.29, 0.717) is 16.2 Å². The predicted molar refractivity (Wildman–Crippen MR) is 140 cm³/mol. The van der Waals surface area contributed by atoms with Gasteiger partial charge >= 0.3 is 0 Å². The summed E-state index contributed by atoms with van der Waals surface area (Å²) in [5, 5.41) is 15.1. The van der Waals surface area contributed by atoms with Crippen molar-refractivity contribution in [3.05, 3.63) is 39.5 Å². The number of halogens is 1. The number of carbonyl (C=O) groups excluding carboxylic acids is 1. The van der Waals surface area contributed by atoms with Crippen LogP contribution in [0.3, 0.4) is 0 Å². The van der Waals surface area contributed by atoms with Gasteiger partial charge in [-0.05, 0) is 57.1 Å². The number of nitrogens with zero attached hydrogens (tertiary/aromatic N) is 4. The van der Waals surface area contributed by atoms with Crippen LogP contribution >= 0.6 is 22.9 Å². The molecule has 184 valence electrons. The normalized spacial score (nSPS) is 20.3. The van der Waals surface area contributed by atoms with Crippen molar-refractivity contribution in [2.45, 2.75) is 76.2 Å². The van der Waals surface area contributed by atoms with Crippen LogP contribution in [-0.2, 0) is 17.6 Å². The minimum atomic E-state index is -0.300. The highest BCUT2D eigenvalue weighted by molar-refractivity contribution is 7.20. The smallest absolute Gasteiger partial charge is 0.247 e. The topological polar surface area (TPSA) is 98.8 Å². The molecule has 6 rings (SSSR count). The summed E-state index contributed by atoms with van der Waals surface area (Å²) in [6, 6.07) is 5.47. The van der Waals surface area contributed by atoms with E-state index in [9.17, 15) is 4.79 Å². The van der Waals surface area contributed by atoms with Crippen LogP contribution < -0.4 is 15.5 Å². The number of H-pyrrole nitrogens is 1. The minimum absolute atomic E-state index is 0.0379. The Morgan fingerprint density at radius 1 is 1.09 bits per heavy atom. The molecule has 1 saturated carbocycles. The average Bonchev–Trinajstić information content (AvgIpc) is 3.67. The molecule has 0 bridgehead atoms. The third kappa shape index (κ3) is 4.76. The highest BCUT2D eigenvalue weighted by Crippen LogP contribution is 2.35. The van der Waals surface area contributed by atoms with Gasteiger partial charge in [0.05, 0.1) is 15.0 Å². The van der Waals surface area contributed by atoms with Crippen LogP contribution in [0.4, 0.5) is 22.6 Å². The van der Waals surface area contributed by atoms with E-state index in [2.05, 4.69) is 26.9 Å². The summed E-state index contributed by atoms with van der Waals surface area (Å²) >= 11 is 7.40. The van der Waals surface area contributed by atoms with Crippen molar-refractivity contribution in [1.82, 2.24) is 20.2 Å². The van der Waals surface area contributed by atoms with E-state index in [4.69, 9.17) is 21.6 Å². The molecule has 1 aliphatic heterocycles. The van der Waals surface area contributed by atoms with Gasteiger partial charge in [-0.2, -0.15) is 10.1 Å². The zero-order valence-electron chi connectivity index (χ0n) is 19.6. The molecule has 2 aliphatic carbocycles. The number of nitrogens with one attached hydrogen (secondary N) is 3. The van der Waals surface area contributed by atoms with E-state index in [1.807, 2.05) is 11.0 Å². The molecule has 1 atom stereocenters. The summed E-state index contributed by atoms with van der Waals surface area (Å²) in [4.78, 5) is 25.0. The Bertz CT molecular complexity index is 1220. The zero-order valence-corrected chi connectivity index (χ0v) is 21.2. The summed E-state index contributed by atoms with van der Waals surface area (Å²) in [5.41, 5.74) is 3.46. The molecule has 0 radical (unpaired) electrons. The molecule has 10 heteroatoms. The molecule has 1 unspecified atom stereocenters. The maximum absolute atomic E-state index is 13.1. The summed E-state index contributed by atoms with van der Waals surface area (Å²) in [6.45, 7) is 0.760. The van der Waals surface area contributed by atoms with E-state index in [1.54, 1.807) is 6.07 Å². The second-order valence-corrected chi connectivity index (χ2v) is 11.5. The monoisotopic (exact) mass is 511 g/mol. The van der Waals surface area contributed by atoms with Crippen molar-refractivity contribution in [2.24, 2.45) is 0 Å². The van der Waals surface area contributed by atoms with Gasteiger partial charge in [0.2, 0.25) is 11.9 Å². The molecule has 2 fully saturated rings. The Morgan fingerprint density at radius 3 is 2.80 bits per heavy atom. The molecule has 35 heavy (non-hydrogen) atoms. The van der Waals surface area contributed by atoms with Crippen molar-refractivity contribution in [3.8, 4) is 0 Å². The third-order valence-corrected chi connectivity index (χ3v) is 8.59. The minimum Gasteiger partial charge on any atom is -0.329 e. The molecule has 0 aromatic carbocycles. The number of aromatic amines is 1. The molecular weight excluding hydrogens is 482 g/mol. The number of carbonyl (C=O) groups is 1. The van der Waals surface area contributed by atoms with Crippen LogP contribution in [0.25, 0.3) is 0 Å². The molecule has 8 nitrogen and oxygen atoms in total. The van der Waals surface area contributed by atoms with Gasteiger partial charge in [0.25, 0.3) is 0 Å².